The summed E-state index contributed by atoms with van der Waals surface area (Å²) in [6.45, 7) is 5.74. The van der Waals surface area contributed by atoms with Gasteiger partial charge in [-0.15, -0.1) is 11.8 Å². The van der Waals surface area contributed by atoms with E-state index in [0.717, 1.165) is 17.9 Å². The lowest BCUT2D eigenvalue weighted by molar-refractivity contribution is 0.0777. The molecule has 0 aliphatic rings. The number of anilines is 1. The van der Waals surface area contributed by atoms with Crippen LogP contribution in [0.5, 0.6) is 0 Å². The van der Waals surface area contributed by atoms with E-state index in [4.69, 9.17) is 5.73 Å². The molecule has 1 aromatic rings. The maximum Gasteiger partial charge on any atom is 0.0599 e. The van der Waals surface area contributed by atoms with Crippen LogP contribution in [0.3, 0.4) is 0 Å². The van der Waals surface area contributed by atoms with Crippen molar-refractivity contribution in [1.29, 1.82) is 0 Å². The molecule has 0 atom stereocenters. The third-order valence-corrected chi connectivity index (χ3v) is 3.34. The largest absolute Gasteiger partial charge is 0.399 e. The van der Waals surface area contributed by atoms with E-state index < -0.39 is 5.60 Å². The average molecular weight is 225 g/mol. The van der Waals surface area contributed by atoms with Crippen LogP contribution in [-0.2, 0) is 0 Å². The normalized spacial score (nSPS) is 11.7. The van der Waals surface area contributed by atoms with E-state index in [1.165, 1.54) is 10.5 Å². The van der Waals surface area contributed by atoms with Gasteiger partial charge in [-0.05, 0) is 44.9 Å². The Hall–Kier alpha value is -0.670. The Morgan fingerprint density at radius 2 is 2.07 bits per heavy atom. The monoisotopic (exact) mass is 225 g/mol. The summed E-state index contributed by atoms with van der Waals surface area (Å²) in [5, 5.41) is 9.58. The zero-order valence-corrected chi connectivity index (χ0v) is 10.4. The second-order valence-corrected chi connectivity index (χ2v) is 5.57. The Morgan fingerprint density at radius 3 is 2.67 bits per heavy atom. The highest BCUT2D eigenvalue weighted by Gasteiger charge is 2.12. The van der Waals surface area contributed by atoms with Crippen molar-refractivity contribution in [3.8, 4) is 0 Å². The third-order valence-electron chi connectivity index (χ3n) is 2.18. The lowest BCUT2D eigenvalue weighted by Gasteiger charge is -2.16. The first kappa shape index (κ1) is 12.4. The van der Waals surface area contributed by atoms with Crippen molar-refractivity contribution in [2.75, 3.05) is 11.5 Å². The quantitative estimate of drug-likeness (QED) is 0.612. The minimum Gasteiger partial charge on any atom is -0.399 e. The molecule has 0 aliphatic heterocycles. The van der Waals surface area contributed by atoms with Crippen molar-refractivity contribution in [3.63, 3.8) is 0 Å². The van der Waals surface area contributed by atoms with Crippen LogP contribution in [0, 0.1) is 6.92 Å². The predicted octanol–water partition coefficient (Wildman–Crippen LogP) is 2.83. The maximum absolute atomic E-state index is 9.58. The number of hydrogen-bond donors (Lipinski definition) is 2. The summed E-state index contributed by atoms with van der Waals surface area (Å²) >= 11 is 1.75. The highest BCUT2D eigenvalue weighted by molar-refractivity contribution is 7.99. The molecule has 0 fully saturated rings. The molecule has 2 nitrogen and oxygen atoms in total. The minimum absolute atomic E-state index is 0.582. The number of aliphatic hydroxyl groups is 1. The smallest absolute Gasteiger partial charge is 0.0599 e. The average Bonchev–Trinajstić information content (AvgIpc) is 2.09. The molecule has 84 valence electrons. The van der Waals surface area contributed by atoms with Crippen LogP contribution in [0.4, 0.5) is 5.69 Å². The number of nitrogens with two attached hydrogens (primary N) is 1. The Balaban J connectivity index is 2.54. The summed E-state index contributed by atoms with van der Waals surface area (Å²) in [5.41, 5.74) is 7.18. The van der Waals surface area contributed by atoms with Gasteiger partial charge in [0.2, 0.25) is 0 Å². The van der Waals surface area contributed by atoms with Gasteiger partial charge >= 0.3 is 0 Å². The van der Waals surface area contributed by atoms with Crippen LogP contribution in [0.1, 0.15) is 25.8 Å². The van der Waals surface area contributed by atoms with Gasteiger partial charge in [-0.2, -0.15) is 0 Å². The zero-order valence-electron chi connectivity index (χ0n) is 9.58. The van der Waals surface area contributed by atoms with Gasteiger partial charge in [0.1, 0.15) is 0 Å². The third kappa shape index (κ3) is 4.58. The molecular formula is C12H19NOS. The van der Waals surface area contributed by atoms with Gasteiger partial charge in [0.25, 0.3) is 0 Å². The molecule has 0 unspecified atom stereocenters. The van der Waals surface area contributed by atoms with Crippen LogP contribution in [0.25, 0.3) is 0 Å². The maximum atomic E-state index is 9.58. The molecule has 0 aromatic heterocycles. The van der Waals surface area contributed by atoms with Crippen molar-refractivity contribution >= 4 is 17.4 Å². The van der Waals surface area contributed by atoms with Gasteiger partial charge in [-0.1, -0.05) is 6.07 Å². The number of aryl methyl sites for hydroxylation is 1. The molecule has 0 radical (unpaired) electrons. The highest BCUT2D eigenvalue weighted by Crippen LogP contribution is 2.26. The van der Waals surface area contributed by atoms with E-state index in [2.05, 4.69) is 6.92 Å². The van der Waals surface area contributed by atoms with Crippen molar-refractivity contribution in [1.82, 2.24) is 0 Å². The van der Waals surface area contributed by atoms with Gasteiger partial charge in [0, 0.05) is 16.3 Å². The Bertz CT molecular complexity index is 331. The molecule has 1 rings (SSSR count). The summed E-state index contributed by atoms with van der Waals surface area (Å²) in [6.07, 6.45) is 0.784. The number of thioether (sulfide) groups is 1. The molecular weight excluding hydrogens is 206 g/mol. The fourth-order valence-corrected chi connectivity index (χ4v) is 2.52. The lowest BCUT2D eigenvalue weighted by atomic mass is 10.1. The van der Waals surface area contributed by atoms with Crippen molar-refractivity contribution in [2.45, 2.75) is 37.7 Å². The molecule has 1 aromatic carbocycles. The van der Waals surface area contributed by atoms with Crippen LogP contribution in [0.2, 0.25) is 0 Å². The number of hydrogen-bond acceptors (Lipinski definition) is 3. The molecule has 0 aliphatic carbocycles. The van der Waals surface area contributed by atoms with Gasteiger partial charge < -0.3 is 10.8 Å². The Labute approximate surface area is 95.9 Å². The molecule has 3 heteroatoms. The van der Waals surface area contributed by atoms with E-state index in [1.54, 1.807) is 11.8 Å². The zero-order chi connectivity index (χ0) is 11.5. The Kier molecular flexibility index (Phi) is 4.05. The number of rotatable bonds is 4. The first-order valence-corrected chi connectivity index (χ1v) is 6.08. The fourth-order valence-electron chi connectivity index (χ4n) is 1.18. The van der Waals surface area contributed by atoms with E-state index in [0.29, 0.717) is 0 Å². The van der Waals surface area contributed by atoms with Crippen molar-refractivity contribution in [2.24, 2.45) is 0 Å². The number of nitrogen functional groups attached to an aromatic ring is 1. The van der Waals surface area contributed by atoms with E-state index in [9.17, 15) is 5.11 Å². The molecule has 15 heavy (non-hydrogen) atoms. The second kappa shape index (κ2) is 4.90. The fraction of sp³-hybridized carbons (Fsp3) is 0.500. The van der Waals surface area contributed by atoms with Crippen LogP contribution in [-0.4, -0.2) is 16.5 Å². The van der Waals surface area contributed by atoms with Gasteiger partial charge in [0.05, 0.1) is 5.60 Å². The van der Waals surface area contributed by atoms with E-state index >= 15 is 0 Å². The first-order chi connectivity index (χ1) is 6.88. The summed E-state index contributed by atoms with van der Waals surface area (Å²) in [7, 11) is 0. The molecule has 0 saturated carbocycles. The first-order valence-electron chi connectivity index (χ1n) is 5.10. The van der Waals surface area contributed by atoms with Crippen molar-refractivity contribution < 1.29 is 5.11 Å². The predicted molar refractivity (Wildman–Crippen MR) is 67.2 cm³/mol. The van der Waals surface area contributed by atoms with Gasteiger partial charge in [-0.25, -0.2) is 0 Å². The molecule has 0 heterocycles. The van der Waals surface area contributed by atoms with Gasteiger partial charge in [0.15, 0.2) is 0 Å². The van der Waals surface area contributed by atoms with E-state index in [-0.39, 0.29) is 0 Å². The Morgan fingerprint density at radius 1 is 1.40 bits per heavy atom. The molecule has 3 N–H and O–H groups in total. The van der Waals surface area contributed by atoms with Crippen LogP contribution >= 0.6 is 11.8 Å². The summed E-state index contributed by atoms with van der Waals surface area (Å²) in [4.78, 5) is 1.21. The summed E-state index contributed by atoms with van der Waals surface area (Å²) in [5.74, 6) is 0.911. The van der Waals surface area contributed by atoms with Crippen LogP contribution in [0.15, 0.2) is 23.1 Å². The highest BCUT2D eigenvalue weighted by atomic mass is 32.2. The molecule has 0 spiro atoms. The summed E-state index contributed by atoms with van der Waals surface area (Å²) < 4.78 is 0. The molecule has 0 bridgehead atoms. The van der Waals surface area contributed by atoms with E-state index in [1.807, 2.05) is 32.0 Å². The SMILES string of the molecule is Cc1ccc(N)cc1SCCC(C)(C)O. The summed E-state index contributed by atoms with van der Waals surface area (Å²) in [6, 6.07) is 5.93. The number of benzene rings is 1. The van der Waals surface area contributed by atoms with Gasteiger partial charge in [-0.3, -0.25) is 0 Å². The second-order valence-electron chi connectivity index (χ2n) is 4.44. The molecule has 0 saturated heterocycles. The molecule has 0 amide bonds. The lowest BCUT2D eigenvalue weighted by Crippen LogP contribution is -2.19. The van der Waals surface area contributed by atoms with Crippen LogP contribution < -0.4 is 5.73 Å². The topological polar surface area (TPSA) is 46.2 Å². The minimum atomic E-state index is -0.582. The standard InChI is InChI=1S/C12H19NOS/c1-9-4-5-10(13)8-11(9)15-7-6-12(2,3)14/h4-5,8,14H,6-7,13H2,1-3H3. The van der Waals surface area contributed by atoms with Crippen molar-refractivity contribution in [3.05, 3.63) is 23.8 Å².